The number of aromatic nitrogens is 3. The average Bonchev–Trinajstić information content (AvgIpc) is 3.51. The van der Waals surface area contributed by atoms with Crippen LogP contribution in [0.5, 0.6) is 0 Å². The number of hydrogen-bond donors (Lipinski definition) is 0. The first-order valence-electron chi connectivity index (χ1n) is 12.9. The SMILES string of the molecule is c1ccc(-c2ccc(-n3c4ccccc4c4ccccc43)cc2-n2c3ccccc3c3ccccc32)nc1. The smallest absolute Gasteiger partial charge is 0.0723 e. The van der Waals surface area contributed by atoms with Gasteiger partial charge in [-0.1, -0.05) is 78.9 Å². The predicted molar refractivity (Wildman–Crippen MR) is 158 cm³/mol. The molecular weight excluding hydrogens is 462 g/mol. The molecular formula is C35H23N3. The van der Waals surface area contributed by atoms with E-state index < -0.39 is 0 Å². The molecule has 3 heteroatoms. The number of benzene rings is 5. The third-order valence-corrected chi connectivity index (χ3v) is 7.58. The van der Waals surface area contributed by atoms with Crippen LogP contribution in [0.4, 0.5) is 0 Å². The Morgan fingerprint density at radius 1 is 0.421 bits per heavy atom. The molecule has 0 saturated carbocycles. The van der Waals surface area contributed by atoms with Gasteiger partial charge in [0.15, 0.2) is 0 Å². The zero-order valence-corrected chi connectivity index (χ0v) is 20.6. The van der Waals surface area contributed by atoms with E-state index in [4.69, 9.17) is 4.98 Å². The molecule has 8 aromatic rings. The Balaban J connectivity index is 1.51. The van der Waals surface area contributed by atoms with Gasteiger partial charge in [0, 0.05) is 39.0 Å². The molecule has 0 radical (unpaired) electrons. The lowest BCUT2D eigenvalue weighted by Gasteiger charge is -2.17. The van der Waals surface area contributed by atoms with E-state index in [2.05, 4.69) is 137 Å². The summed E-state index contributed by atoms with van der Waals surface area (Å²) < 4.78 is 4.77. The lowest BCUT2D eigenvalue weighted by atomic mass is 10.1. The van der Waals surface area contributed by atoms with E-state index in [1.165, 1.54) is 43.6 Å². The highest BCUT2D eigenvalue weighted by molar-refractivity contribution is 6.11. The summed E-state index contributed by atoms with van der Waals surface area (Å²) in [5, 5.41) is 5.01. The first kappa shape index (κ1) is 21.0. The molecule has 0 saturated heterocycles. The van der Waals surface area contributed by atoms with Gasteiger partial charge < -0.3 is 9.13 Å². The van der Waals surface area contributed by atoms with Gasteiger partial charge in [0.05, 0.1) is 33.4 Å². The van der Waals surface area contributed by atoms with Crippen molar-refractivity contribution in [3.05, 3.63) is 140 Å². The quantitative estimate of drug-likeness (QED) is 0.245. The third kappa shape index (κ3) is 2.99. The van der Waals surface area contributed by atoms with Crippen molar-refractivity contribution >= 4 is 43.6 Å². The first-order valence-corrected chi connectivity index (χ1v) is 12.9. The monoisotopic (exact) mass is 485 g/mol. The molecule has 0 fully saturated rings. The van der Waals surface area contributed by atoms with Crippen molar-refractivity contribution in [3.63, 3.8) is 0 Å². The Morgan fingerprint density at radius 3 is 1.39 bits per heavy atom. The van der Waals surface area contributed by atoms with Gasteiger partial charge in [-0.3, -0.25) is 4.98 Å². The third-order valence-electron chi connectivity index (χ3n) is 7.58. The van der Waals surface area contributed by atoms with Gasteiger partial charge in [-0.05, 0) is 54.6 Å². The summed E-state index contributed by atoms with van der Waals surface area (Å²) in [5.41, 5.74) is 9.06. The van der Waals surface area contributed by atoms with Gasteiger partial charge in [0.1, 0.15) is 0 Å². The Labute approximate surface area is 219 Å². The van der Waals surface area contributed by atoms with Gasteiger partial charge >= 0.3 is 0 Å². The molecule has 0 atom stereocenters. The fourth-order valence-corrected chi connectivity index (χ4v) is 5.97. The molecule has 0 aliphatic rings. The van der Waals surface area contributed by atoms with Gasteiger partial charge in [-0.25, -0.2) is 0 Å². The molecule has 8 rings (SSSR count). The summed E-state index contributed by atoms with van der Waals surface area (Å²) in [6.45, 7) is 0. The predicted octanol–water partition coefficient (Wildman–Crippen LogP) is 8.94. The van der Waals surface area contributed by atoms with Gasteiger partial charge in [-0.15, -0.1) is 0 Å². The summed E-state index contributed by atoms with van der Waals surface area (Å²) >= 11 is 0. The summed E-state index contributed by atoms with van der Waals surface area (Å²) in [6, 6.07) is 47.5. The average molecular weight is 486 g/mol. The second-order valence-corrected chi connectivity index (χ2v) is 9.66. The zero-order valence-electron chi connectivity index (χ0n) is 20.6. The highest BCUT2D eigenvalue weighted by Gasteiger charge is 2.18. The minimum Gasteiger partial charge on any atom is -0.309 e. The van der Waals surface area contributed by atoms with Gasteiger partial charge in [0.25, 0.3) is 0 Å². The minimum absolute atomic E-state index is 0.957. The minimum atomic E-state index is 0.957. The van der Waals surface area contributed by atoms with Crippen molar-refractivity contribution in [2.24, 2.45) is 0 Å². The van der Waals surface area contributed by atoms with Crippen molar-refractivity contribution in [3.8, 4) is 22.6 Å². The van der Waals surface area contributed by atoms with Crippen LogP contribution in [0.1, 0.15) is 0 Å². The van der Waals surface area contributed by atoms with Crippen LogP contribution in [-0.4, -0.2) is 14.1 Å². The van der Waals surface area contributed by atoms with Crippen LogP contribution in [0.15, 0.2) is 140 Å². The standard InChI is InChI=1S/C35H23N3/c1-5-16-31-25(11-1)26-12-2-6-17-32(26)37(31)24-20-21-29(30-15-9-10-22-36-30)35(23-24)38-33-18-7-3-13-27(33)28-14-4-8-19-34(28)38/h1-23H. The summed E-state index contributed by atoms with van der Waals surface area (Å²) in [4.78, 5) is 4.75. The maximum Gasteiger partial charge on any atom is 0.0723 e. The molecule has 3 heterocycles. The normalized spacial score (nSPS) is 11.7. The fourth-order valence-electron chi connectivity index (χ4n) is 5.97. The Kier molecular flexibility index (Phi) is 4.52. The van der Waals surface area contributed by atoms with E-state index in [-0.39, 0.29) is 0 Å². The summed E-state index contributed by atoms with van der Waals surface area (Å²) in [7, 11) is 0. The zero-order chi connectivity index (χ0) is 25.1. The number of fused-ring (bicyclic) bond motifs is 6. The van der Waals surface area contributed by atoms with E-state index in [1.54, 1.807) is 0 Å². The number of rotatable bonds is 3. The van der Waals surface area contributed by atoms with Gasteiger partial charge in [-0.2, -0.15) is 0 Å². The lowest BCUT2D eigenvalue weighted by Crippen LogP contribution is -2.01. The van der Waals surface area contributed by atoms with E-state index >= 15 is 0 Å². The molecule has 3 aromatic heterocycles. The number of pyridine rings is 1. The van der Waals surface area contributed by atoms with Gasteiger partial charge in [0.2, 0.25) is 0 Å². The number of nitrogens with zero attached hydrogens (tertiary/aromatic N) is 3. The van der Waals surface area contributed by atoms with E-state index in [0.717, 1.165) is 22.6 Å². The second kappa shape index (κ2) is 8.19. The topological polar surface area (TPSA) is 22.8 Å². The molecule has 38 heavy (non-hydrogen) atoms. The lowest BCUT2D eigenvalue weighted by molar-refractivity contribution is 1.13. The molecule has 0 aliphatic heterocycles. The molecule has 0 bridgehead atoms. The molecule has 0 spiro atoms. The second-order valence-electron chi connectivity index (χ2n) is 9.66. The van der Waals surface area contributed by atoms with Crippen LogP contribution in [0, 0.1) is 0 Å². The van der Waals surface area contributed by atoms with Crippen LogP contribution < -0.4 is 0 Å². The molecule has 0 aliphatic carbocycles. The maximum absolute atomic E-state index is 4.75. The molecule has 178 valence electrons. The fraction of sp³-hybridized carbons (Fsp3) is 0. The van der Waals surface area contributed by atoms with Crippen LogP contribution in [0.25, 0.3) is 66.2 Å². The highest BCUT2D eigenvalue weighted by atomic mass is 15.0. The molecule has 5 aromatic carbocycles. The van der Waals surface area contributed by atoms with Crippen molar-refractivity contribution in [2.75, 3.05) is 0 Å². The first-order chi connectivity index (χ1) is 18.9. The van der Waals surface area contributed by atoms with Crippen LogP contribution in [0.3, 0.4) is 0 Å². The van der Waals surface area contributed by atoms with E-state index in [9.17, 15) is 0 Å². The van der Waals surface area contributed by atoms with Crippen molar-refractivity contribution in [1.82, 2.24) is 14.1 Å². The van der Waals surface area contributed by atoms with Crippen molar-refractivity contribution in [2.45, 2.75) is 0 Å². The van der Waals surface area contributed by atoms with Crippen molar-refractivity contribution in [1.29, 1.82) is 0 Å². The Hall–Kier alpha value is -5.15. The molecule has 3 nitrogen and oxygen atoms in total. The van der Waals surface area contributed by atoms with Crippen molar-refractivity contribution < 1.29 is 0 Å². The number of hydrogen-bond acceptors (Lipinski definition) is 1. The maximum atomic E-state index is 4.75. The van der Waals surface area contributed by atoms with E-state index in [1.807, 2.05) is 12.3 Å². The van der Waals surface area contributed by atoms with E-state index in [0.29, 0.717) is 0 Å². The summed E-state index contributed by atoms with van der Waals surface area (Å²) in [6.07, 6.45) is 1.87. The summed E-state index contributed by atoms with van der Waals surface area (Å²) in [5.74, 6) is 0. The number of para-hydroxylation sites is 4. The van der Waals surface area contributed by atoms with Crippen LogP contribution in [-0.2, 0) is 0 Å². The van der Waals surface area contributed by atoms with Crippen LogP contribution >= 0.6 is 0 Å². The Morgan fingerprint density at radius 2 is 0.895 bits per heavy atom. The largest absolute Gasteiger partial charge is 0.309 e. The molecule has 0 N–H and O–H groups in total. The van der Waals surface area contributed by atoms with Crippen LogP contribution in [0.2, 0.25) is 0 Å². The molecule has 0 amide bonds. The Bertz CT molecular complexity index is 2020. The highest BCUT2D eigenvalue weighted by Crippen LogP contribution is 2.38. The molecule has 0 unspecified atom stereocenters.